The normalized spacial score (nSPS) is 14.4. The molecule has 0 bridgehead atoms. The molecule has 0 spiro atoms. The van der Waals surface area contributed by atoms with Gasteiger partial charge >= 0.3 is 0 Å². The summed E-state index contributed by atoms with van der Waals surface area (Å²) in [4.78, 5) is 16.8. The van der Waals surface area contributed by atoms with Crippen molar-refractivity contribution in [1.82, 2.24) is 30.5 Å². The third-order valence-corrected chi connectivity index (χ3v) is 2.60. The lowest BCUT2D eigenvalue weighted by atomic mass is 10.3. The number of carbonyl (C=O) groups excluding carboxylic acids is 1. The lowest BCUT2D eigenvalue weighted by Gasteiger charge is -2.00. The van der Waals surface area contributed by atoms with Crippen molar-refractivity contribution in [3.05, 3.63) is 24.5 Å². The quantitative estimate of drug-likeness (QED) is 0.819. The van der Waals surface area contributed by atoms with E-state index in [2.05, 4.69) is 25.7 Å². The molecule has 1 amide bonds. The first-order valence-electron chi connectivity index (χ1n) is 5.79. The highest BCUT2D eigenvalue weighted by atomic mass is 16.2. The lowest BCUT2D eigenvalue weighted by Crippen LogP contribution is -2.30. The van der Waals surface area contributed by atoms with Crippen LogP contribution in [0.4, 0.5) is 0 Å². The molecule has 2 aromatic rings. The summed E-state index contributed by atoms with van der Waals surface area (Å²) >= 11 is 0. The number of nitrogens with zero attached hydrogens (tertiary/aromatic N) is 5. The monoisotopic (exact) mass is 244 g/mol. The standard InChI is InChI=1S/C11H12N6O/c18-10(13-9-3-4-9)7-17-15-11(14-16-17)8-2-1-5-12-6-8/h1-2,5-6,9H,3-4,7H2,(H,13,18). The summed E-state index contributed by atoms with van der Waals surface area (Å²) in [6.45, 7) is 0.101. The summed E-state index contributed by atoms with van der Waals surface area (Å²) in [6, 6.07) is 3.99. The molecule has 0 atom stereocenters. The first-order valence-corrected chi connectivity index (χ1v) is 5.79. The van der Waals surface area contributed by atoms with Crippen LogP contribution < -0.4 is 5.32 Å². The topological polar surface area (TPSA) is 85.6 Å². The van der Waals surface area contributed by atoms with E-state index in [-0.39, 0.29) is 12.5 Å². The number of nitrogens with one attached hydrogen (secondary N) is 1. The second-order valence-corrected chi connectivity index (χ2v) is 4.23. The van der Waals surface area contributed by atoms with Crippen molar-refractivity contribution in [1.29, 1.82) is 0 Å². The van der Waals surface area contributed by atoms with Gasteiger partial charge in [0.2, 0.25) is 11.7 Å². The van der Waals surface area contributed by atoms with Crippen LogP contribution in [0, 0.1) is 0 Å². The molecule has 1 aliphatic rings. The molecule has 7 heteroatoms. The number of hydrogen-bond acceptors (Lipinski definition) is 5. The van der Waals surface area contributed by atoms with Gasteiger partial charge < -0.3 is 5.32 Å². The van der Waals surface area contributed by atoms with E-state index in [1.165, 1.54) is 4.80 Å². The Morgan fingerprint density at radius 2 is 2.39 bits per heavy atom. The van der Waals surface area contributed by atoms with E-state index < -0.39 is 0 Å². The fourth-order valence-corrected chi connectivity index (χ4v) is 1.55. The van der Waals surface area contributed by atoms with Crippen LogP contribution >= 0.6 is 0 Å². The fourth-order valence-electron chi connectivity index (χ4n) is 1.55. The molecule has 7 nitrogen and oxygen atoms in total. The van der Waals surface area contributed by atoms with Gasteiger partial charge in [0.1, 0.15) is 6.54 Å². The minimum absolute atomic E-state index is 0.0763. The van der Waals surface area contributed by atoms with Crippen LogP contribution in [-0.4, -0.2) is 37.1 Å². The smallest absolute Gasteiger partial charge is 0.243 e. The van der Waals surface area contributed by atoms with Crippen LogP contribution in [0.3, 0.4) is 0 Å². The Balaban J connectivity index is 1.67. The van der Waals surface area contributed by atoms with Crippen molar-refractivity contribution in [2.75, 3.05) is 0 Å². The second-order valence-electron chi connectivity index (χ2n) is 4.23. The maximum atomic E-state index is 11.6. The van der Waals surface area contributed by atoms with Gasteiger partial charge in [-0.05, 0) is 30.2 Å². The predicted molar refractivity (Wildman–Crippen MR) is 62.2 cm³/mol. The average Bonchev–Trinajstić information content (AvgIpc) is 3.06. The van der Waals surface area contributed by atoms with Crippen molar-refractivity contribution in [2.24, 2.45) is 0 Å². The summed E-state index contributed by atoms with van der Waals surface area (Å²) in [5.41, 5.74) is 0.784. The third kappa shape index (κ3) is 2.50. The molecule has 0 saturated heterocycles. The zero-order chi connectivity index (χ0) is 12.4. The Labute approximate surface area is 103 Å². The van der Waals surface area contributed by atoms with Gasteiger partial charge in [-0.1, -0.05) is 0 Å². The summed E-state index contributed by atoms with van der Waals surface area (Å²) in [5, 5.41) is 14.8. The molecule has 0 radical (unpaired) electrons. The molecule has 0 aliphatic heterocycles. The van der Waals surface area contributed by atoms with Crippen molar-refractivity contribution in [3.8, 4) is 11.4 Å². The second kappa shape index (κ2) is 4.52. The summed E-state index contributed by atoms with van der Waals surface area (Å²) < 4.78 is 0. The first kappa shape index (κ1) is 10.8. The third-order valence-electron chi connectivity index (χ3n) is 2.60. The number of amides is 1. The Kier molecular flexibility index (Phi) is 2.71. The molecule has 92 valence electrons. The van der Waals surface area contributed by atoms with E-state index in [0.29, 0.717) is 11.9 Å². The zero-order valence-electron chi connectivity index (χ0n) is 9.65. The molecule has 2 aromatic heterocycles. The minimum atomic E-state index is -0.0763. The molecule has 2 heterocycles. The fraction of sp³-hybridized carbons (Fsp3) is 0.364. The average molecular weight is 244 g/mol. The van der Waals surface area contributed by atoms with Gasteiger partial charge in [0.25, 0.3) is 0 Å². The van der Waals surface area contributed by atoms with Gasteiger partial charge in [-0.15, -0.1) is 10.2 Å². The van der Waals surface area contributed by atoms with Crippen LogP contribution in [0.5, 0.6) is 0 Å². The van der Waals surface area contributed by atoms with E-state index >= 15 is 0 Å². The highest BCUT2D eigenvalue weighted by Gasteiger charge is 2.23. The molecular weight excluding hydrogens is 232 g/mol. The molecule has 0 aromatic carbocycles. The lowest BCUT2D eigenvalue weighted by molar-refractivity contribution is -0.122. The van der Waals surface area contributed by atoms with Gasteiger partial charge in [-0.25, -0.2) is 0 Å². The molecule has 1 N–H and O–H groups in total. The Morgan fingerprint density at radius 3 is 3.11 bits per heavy atom. The molecule has 1 fully saturated rings. The highest BCUT2D eigenvalue weighted by Crippen LogP contribution is 2.18. The Hall–Kier alpha value is -2.31. The van der Waals surface area contributed by atoms with Crippen LogP contribution in [-0.2, 0) is 11.3 Å². The number of rotatable bonds is 4. The molecule has 0 unspecified atom stereocenters. The number of pyridine rings is 1. The Morgan fingerprint density at radius 1 is 1.50 bits per heavy atom. The van der Waals surface area contributed by atoms with Gasteiger partial charge in [0.05, 0.1) is 0 Å². The highest BCUT2D eigenvalue weighted by molar-refractivity contribution is 5.76. The van der Waals surface area contributed by atoms with E-state index in [0.717, 1.165) is 18.4 Å². The van der Waals surface area contributed by atoms with E-state index in [1.54, 1.807) is 18.5 Å². The maximum Gasteiger partial charge on any atom is 0.243 e. The predicted octanol–water partition coefficient (Wildman–Crippen LogP) is 0.0137. The van der Waals surface area contributed by atoms with Gasteiger partial charge in [0.15, 0.2) is 0 Å². The SMILES string of the molecule is O=C(Cn1nnc(-c2cccnc2)n1)NC1CC1. The number of hydrogen-bond donors (Lipinski definition) is 1. The molecular formula is C11H12N6O. The molecule has 1 saturated carbocycles. The number of tetrazole rings is 1. The van der Waals surface area contributed by atoms with E-state index in [4.69, 9.17) is 0 Å². The van der Waals surface area contributed by atoms with Crippen LogP contribution in [0.2, 0.25) is 0 Å². The molecule has 18 heavy (non-hydrogen) atoms. The van der Waals surface area contributed by atoms with Crippen LogP contribution in [0.15, 0.2) is 24.5 Å². The Bertz CT molecular complexity index is 548. The van der Waals surface area contributed by atoms with Crippen molar-refractivity contribution >= 4 is 5.91 Å². The van der Waals surface area contributed by atoms with Crippen molar-refractivity contribution in [2.45, 2.75) is 25.4 Å². The van der Waals surface area contributed by atoms with Gasteiger partial charge in [-0.3, -0.25) is 9.78 Å². The largest absolute Gasteiger partial charge is 0.352 e. The first-order chi connectivity index (χ1) is 8.81. The molecule has 1 aliphatic carbocycles. The van der Waals surface area contributed by atoms with Crippen molar-refractivity contribution in [3.63, 3.8) is 0 Å². The maximum absolute atomic E-state index is 11.6. The summed E-state index contributed by atoms with van der Waals surface area (Å²) in [7, 11) is 0. The zero-order valence-corrected chi connectivity index (χ0v) is 9.65. The van der Waals surface area contributed by atoms with E-state index in [1.807, 2.05) is 6.07 Å². The van der Waals surface area contributed by atoms with Crippen LogP contribution in [0.25, 0.3) is 11.4 Å². The van der Waals surface area contributed by atoms with Gasteiger partial charge in [0, 0.05) is 24.0 Å². The van der Waals surface area contributed by atoms with Crippen molar-refractivity contribution < 1.29 is 4.79 Å². The number of aromatic nitrogens is 5. The number of carbonyl (C=O) groups is 1. The molecule has 3 rings (SSSR count). The summed E-state index contributed by atoms with van der Waals surface area (Å²) in [6.07, 6.45) is 5.47. The van der Waals surface area contributed by atoms with Crippen LogP contribution in [0.1, 0.15) is 12.8 Å². The van der Waals surface area contributed by atoms with Gasteiger partial charge in [-0.2, -0.15) is 4.80 Å². The summed E-state index contributed by atoms with van der Waals surface area (Å²) in [5.74, 6) is 0.398. The minimum Gasteiger partial charge on any atom is -0.352 e. The van der Waals surface area contributed by atoms with E-state index in [9.17, 15) is 4.79 Å².